The molecule has 0 aliphatic rings. The summed E-state index contributed by atoms with van der Waals surface area (Å²) < 4.78 is 6.54. The molecular formula is C15H19N5O4. The van der Waals surface area contributed by atoms with Crippen molar-refractivity contribution in [3.63, 3.8) is 0 Å². The lowest BCUT2D eigenvalue weighted by atomic mass is 10.1. The van der Waals surface area contributed by atoms with Gasteiger partial charge in [-0.3, -0.25) is 14.8 Å². The second-order valence-corrected chi connectivity index (χ2v) is 5.69. The van der Waals surface area contributed by atoms with Gasteiger partial charge in [-0.25, -0.2) is 9.78 Å². The lowest BCUT2D eigenvalue weighted by Gasteiger charge is -2.22. The third kappa shape index (κ3) is 3.50. The number of anilines is 2. The fraction of sp³-hybridized carbons (Fsp3) is 0.400. The number of aromatic nitrogens is 3. The zero-order valence-corrected chi connectivity index (χ0v) is 13.9. The van der Waals surface area contributed by atoms with E-state index in [0.29, 0.717) is 23.7 Å². The molecule has 128 valence electrons. The summed E-state index contributed by atoms with van der Waals surface area (Å²) >= 11 is 0. The van der Waals surface area contributed by atoms with Crippen molar-refractivity contribution in [1.82, 2.24) is 14.8 Å². The highest BCUT2D eigenvalue weighted by atomic mass is 16.6. The van der Waals surface area contributed by atoms with Gasteiger partial charge in [-0.05, 0) is 33.3 Å². The summed E-state index contributed by atoms with van der Waals surface area (Å²) in [4.78, 5) is 26.3. The number of hydrogen-bond acceptors (Lipinski definition) is 7. The van der Waals surface area contributed by atoms with Crippen LogP contribution in [0.1, 0.15) is 26.3 Å². The van der Waals surface area contributed by atoms with E-state index in [4.69, 9.17) is 4.74 Å². The third-order valence-corrected chi connectivity index (χ3v) is 3.47. The van der Waals surface area contributed by atoms with Crippen LogP contribution in [0.2, 0.25) is 0 Å². The maximum Gasteiger partial charge on any atom is 0.333 e. The maximum absolute atomic E-state index is 12.0. The van der Waals surface area contributed by atoms with Crippen molar-refractivity contribution in [3.05, 3.63) is 40.3 Å². The average molecular weight is 333 g/mol. The molecule has 0 saturated heterocycles. The Kier molecular flexibility index (Phi) is 4.82. The second-order valence-electron chi connectivity index (χ2n) is 5.69. The van der Waals surface area contributed by atoms with E-state index in [0.717, 1.165) is 0 Å². The van der Waals surface area contributed by atoms with Crippen LogP contribution in [-0.4, -0.2) is 32.3 Å². The van der Waals surface area contributed by atoms with Crippen LogP contribution < -0.4 is 5.32 Å². The summed E-state index contributed by atoms with van der Waals surface area (Å²) in [6, 6.07) is 1.43. The van der Waals surface area contributed by atoms with Crippen molar-refractivity contribution in [2.75, 3.05) is 11.9 Å². The van der Waals surface area contributed by atoms with Crippen molar-refractivity contribution in [1.29, 1.82) is 0 Å². The van der Waals surface area contributed by atoms with Crippen molar-refractivity contribution in [2.45, 2.75) is 33.2 Å². The molecule has 9 nitrogen and oxygen atoms in total. The number of hydrogen-bond donors (Lipinski definition) is 1. The molecule has 0 radical (unpaired) electrons. The molecule has 0 aliphatic carbocycles. The molecule has 0 bridgehead atoms. The van der Waals surface area contributed by atoms with Gasteiger partial charge >= 0.3 is 5.97 Å². The molecule has 0 fully saturated rings. The minimum Gasteiger partial charge on any atom is -0.464 e. The first kappa shape index (κ1) is 17.4. The topological polar surface area (TPSA) is 112 Å². The quantitative estimate of drug-likeness (QED) is 0.491. The molecule has 0 aromatic carbocycles. The Bertz CT molecular complexity index is 769. The Morgan fingerprint density at radius 2 is 2.17 bits per heavy atom. The highest BCUT2D eigenvalue weighted by Crippen LogP contribution is 2.24. The van der Waals surface area contributed by atoms with Crippen LogP contribution >= 0.6 is 0 Å². The van der Waals surface area contributed by atoms with E-state index in [2.05, 4.69) is 15.4 Å². The number of ether oxygens (including phenoxy) is 1. The predicted octanol–water partition coefficient (Wildman–Crippen LogP) is 2.54. The lowest BCUT2D eigenvalue weighted by molar-refractivity contribution is -0.385. The highest BCUT2D eigenvalue weighted by molar-refractivity contribution is 5.78. The number of nitro groups is 1. The molecule has 2 aromatic heterocycles. The molecule has 0 spiro atoms. The number of esters is 1. The van der Waals surface area contributed by atoms with Crippen LogP contribution in [0.15, 0.2) is 24.7 Å². The van der Waals surface area contributed by atoms with Crippen molar-refractivity contribution >= 4 is 23.2 Å². The number of carbonyl (C=O) groups excluding carboxylic acids is 1. The van der Waals surface area contributed by atoms with Gasteiger partial charge in [0.15, 0.2) is 5.54 Å². The lowest BCUT2D eigenvalue weighted by Crippen LogP contribution is -2.37. The van der Waals surface area contributed by atoms with Gasteiger partial charge in [0.25, 0.3) is 5.69 Å². The minimum absolute atomic E-state index is 0.0720. The predicted molar refractivity (Wildman–Crippen MR) is 87.1 cm³/mol. The summed E-state index contributed by atoms with van der Waals surface area (Å²) in [7, 11) is 0. The van der Waals surface area contributed by atoms with Gasteiger partial charge in [0.2, 0.25) is 0 Å². The van der Waals surface area contributed by atoms with Crippen molar-refractivity contribution in [2.24, 2.45) is 0 Å². The monoisotopic (exact) mass is 333 g/mol. The largest absolute Gasteiger partial charge is 0.464 e. The standard InChI is InChI=1S/C15H19N5O4/c1-5-24-14(21)15(3,4)19-9-11(7-17-19)18-13-10(2)6-12(8-16-13)20(22)23/h6-9H,5H2,1-4H3,(H,16,18). The summed E-state index contributed by atoms with van der Waals surface area (Å²) in [5.41, 5.74) is 0.212. The smallest absolute Gasteiger partial charge is 0.333 e. The van der Waals surface area contributed by atoms with Crippen LogP contribution in [-0.2, 0) is 15.1 Å². The minimum atomic E-state index is -0.951. The van der Waals surface area contributed by atoms with Crippen LogP contribution in [0.25, 0.3) is 0 Å². The summed E-state index contributed by atoms with van der Waals surface area (Å²) in [6.45, 7) is 7.16. The molecule has 0 atom stereocenters. The van der Waals surface area contributed by atoms with E-state index in [1.165, 1.54) is 16.9 Å². The summed E-state index contributed by atoms with van der Waals surface area (Å²) in [6.07, 6.45) is 4.38. The van der Waals surface area contributed by atoms with Gasteiger partial charge in [-0.1, -0.05) is 0 Å². The molecule has 24 heavy (non-hydrogen) atoms. The van der Waals surface area contributed by atoms with Crippen LogP contribution in [0.4, 0.5) is 17.2 Å². The third-order valence-electron chi connectivity index (χ3n) is 3.47. The van der Waals surface area contributed by atoms with Gasteiger partial charge in [-0.15, -0.1) is 0 Å². The first-order valence-corrected chi connectivity index (χ1v) is 7.36. The molecule has 9 heteroatoms. The Balaban J connectivity index is 2.20. The molecule has 1 N–H and O–H groups in total. The molecule has 0 unspecified atom stereocenters. The Morgan fingerprint density at radius 1 is 1.46 bits per heavy atom. The zero-order chi connectivity index (χ0) is 17.9. The molecule has 0 amide bonds. The van der Waals surface area contributed by atoms with Gasteiger partial charge in [0.05, 0.1) is 23.4 Å². The summed E-state index contributed by atoms with van der Waals surface area (Å²) in [5, 5.41) is 18.0. The molecule has 2 heterocycles. The molecule has 0 aliphatic heterocycles. The number of pyridine rings is 1. The Labute approximate surface area is 138 Å². The van der Waals surface area contributed by atoms with E-state index >= 15 is 0 Å². The van der Waals surface area contributed by atoms with E-state index < -0.39 is 10.5 Å². The average Bonchev–Trinajstić information content (AvgIpc) is 2.98. The van der Waals surface area contributed by atoms with E-state index in [1.807, 2.05) is 0 Å². The zero-order valence-electron chi connectivity index (χ0n) is 13.9. The Morgan fingerprint density at radius 3 is 2.75 bits per heavy atom. The first-order valence-electron chi connectivity index (χ1n) is 7.36. The molecular weight excluding hydrogens is 314 g/mol. The number of nitrogens with zero attached hydrogens (tertiary/aromatic N) is 4. The van der Waals surface area contributed by atoms with Crippen LogP contribution in [0.3, 0.4) is 0 Å². The molecule has 0 saturated carbocycles. The SMILES string of the molecule is CCOC(=O)C(C)(C)n1cc(Nc2ncc([N+](=O)[O-])cc2C)cn1. The van der Waals surface area contributed by atoms with Crippen LogP contribution in [0, 0.1) is 17.0 Å². The van der Waals surface area contributed by atoms with Crippen molar-refractivity contribution < 1.29 is 14.5 Å². The Hall–Kier alpha value is -2.97. The normalized spacial score (nSPS) is 11.2. The molecule has 2 aromatic rings. The number of carbonyl (C=O) groups is 1. The second kappa shape index (κ2) is 6.65. The maximum atomic E-state index is 12.0. The fourth-order valence-electron chi connectivity index (χ4n) is 2.02. The van der Waals surface area contributed by atoms with E-state index in [-0.39, 0.29) is 11.7 Å². The first-order chi connectivity index (χ1) is 11.3. The van der Waals surface area contributed by atoms with Crippen molar-refractivity contribution in [3.8, 4) is 0 Å². The number of rotatable bonds is 6. The van der Waals surface area contributed by atoms with Gasteiger partial charge < -0.3 is 10.1 Å². The van der Waals surface area contributed by atoms with Gasteiger partial charge in [-0.2, -0.15) is 5.10 Å². The highest BCUT2D eigenvalue weighted by Gasteiger charge is 2.32. The molecule has 2 rings (SSSR count). The number of nitrogens with one attached hydrogen (secondary N) is 1. The summed E-state index contributed by atoms with van der Waals surface area (Å²) in [5.74, 6) is 0.0957. The van der Waals surface area contributed by atoms with E-state index in [9.17, 15) is 14.9 Å². The van der Waals surface area contributed by atoms with E-state index in [1.54, 1.807) is 40.1 Å². The van der Waals surface area contributed by atoms with Crippen LogP contribution in [0.5, 0.6) is 0 Å². The fourth-order valence-corrected chi connectivity index (χ4v) is 2.02. The van der Waals surface area contributed by atoms with Gasteiger partial charge in [0, 0.05) is 12.3 Å². The number of aryl methyl sites for hydroxylation is 1. The van der Waals surface area contributed by atoms with Gasteiger partial charge in [0.1, 0.15) is 12.0 Å².